The smallest absolute Gasteiger partial charge is 0.255 e. The lowest BCUT2D eigenvalue weighted by Gasteiger charge is -2.13. The van der Waals surface area contributed by atoms with Crippen molar-refractivity contribution in [2.45, 2.75) is 25.8 Å². The molecule has 4 nitrogen and oxygen atoms in total. The molecule has 2 heterocycles. The number of hydrogen-bond donors (Lipinski definition) is 2. The molecule has 3 rings (SSSR count). The summed E-state index contributed by atoms with van der Waals surface area (Å²) in [7, 11) is 0. The average molecular weight is 325 g/mol. The molecule has 0 radical (unpaired) electrons. The summed E-state index contributed by atoms with van der Waals surface area (Å²) in [6.07, 6.45) is 3.45. The largest absolute Gasteiger partial charge is 0.349 e. The zero-order valence-electron chi connectivity index (χ0n) is 13.0. The summed E-state index contributed by atoms with van der Waals surface area (Å²) in [5.41, 5.74) is 2.67. The zero-order chi connectivity index (χ0) is 16.1. The standard InChI is InChI=1S/C18H19N3OS/c1-13(9-10-14-6-3-2-4-7-14)20-18(22)15-12-19-21-17(15)16-8-5-11-23-16/h2-8,11-13H,9-10H2,1H3,(H,19,21)(H,20,22)/t13-/m0/s1. The van der Waals surface area contributed by atoms with Crippen molar-refractivity contribution in [1.82, 2.24) is 15.5 Å². The number of aromatic nitrogens is 2. The molecule has 0 aliphatic carbocycles. The first-order valence-electron chi connectivity index (χ1n) is 7.66. The zero-order valence-corrected chi connectivity index (χ0v) is 13.8. The molecule has 0 bridgehead atoms. The number of carbonyl (C=O) groups excluding carboxylic acids is 1. The van der Waals surface area contributed by atoms with Crippen LogP contribution in [0.5, 0.6) is 0 Å². The van der Waals surface area contributed by atoms with E-state index in [1.54, 1.807) is 17.5 Å². The van der Waals surface area contributed by atoms with Gasteiger partial charge in [0.25, 0.3) is 5.91 Å². The van der Waals surface area contributed by atoms with Gasteiger partial charge in [0.05, 0.1) is 22.3 Å². The Bertz CT molecular complexity index is 750. The summed E-state index contributed by atoms with van der Waals surface area (Å²) in [6, 6.07) is 14.4. The van der Waals surface area contributed by atoms with Crippen molar-refractivity contribution in [2.24, 2.45) is 0 Å². The molecule has 0 saturated heterocycles. The predicted molar refractivity (Wildman–Crippen MR) is 93.6 cm³/mol. The van der Waals surface area contributed by atoms with E-state index in [4.69, 9.17) is 0 Å². The van der Waals surface area contributed by atoms with Gasteiger partial charge in [-0.05, 0) is 36.8 Å². The Labute approximate surface area is 139 Å². The molecule has 5 heteroatoms. The lowest BCUT2D eigenvalue weighted by atomic mass is 10.1. The van der Waals surface area contributed by atoms with Crippen LogP contribution in [0.25, 0.3) is 10.6 Å². The molecule has 0 aliphatic heterocycles. The molecule has 0 spiro atoms. The minimum absolute atomic E-state index is 0.0808. The fourth-order valence-electron chi connectivity index (χ4n) is 2.47. The molecular formula is C18H19N3OS. The molecule has 2 aromatic heterocycles. The van der Waals surface area contributed by atoms with Crippen LogP contribution in [0.2, 0.25) is 0 Å². The highest BCUT2D eigenvalue weighted by atomic mass is 32.1. The van der Waals surface area contributed by atoms with Gasteiger partial charge in [0.2, 0.25) is 0 Å². The van der Waals surface area contributed by atoms with Crippen molar-refractivity contribution >= 4 is 17.2 Å². The van der Waals surface area contributed by atoms with Crippen molar-refractivity contribution < 1.29 is 4.79 Å². The molecule has 0 fully saturated rings. The van der Waals surface area contributed by atoms with E-state index in [0.29, 0.717) is 5.56 Å². The summed E-state index contributed by atoms with van der Waals surface area (Å²) in [5, 5.41) is 12.0. The van der Waals surface area contributed by atoms with Gasteiger partial charge in [0.15, 0.2) is 0 Å². The van der Waals surface area contributed by atoms with Crippen molar-refractivity contribution in [3.05, 3.63) is 65.2 Å². The average Bonchev–Trinajstić information content (AvgIpc) is 3.24. The van der Waals surface area contributed by atoms with E-state index in [1.807, 2.05) is 42.6 Å². The Balaban J connectivity index is 1.60. The van der Waals surface area contributed by atoms with E-state index in [0.717, 1.165) is 23.4 Å². The Hall–Kier alpha value is -2.40. The fraction of sp³-hybridized carbons (Fsp3) is 0.222. The molecular weight excluding hydrogens is 306 g/mol. The summed E-state index contributed by atoms with van der Waals surface area (Å²) < 4.78 is 0. The lowest BCUT2D eigenvalue weighted by molar-refractivity contribution is 0.0939. The van der Waals surface area contributed by atoms with E-state index in [9.17, 15) is 4.79 Å². The van der Waals surface area contributed by atoms with E-state index in [1.165, 1.54) is 5.56 Å². The number of hydrogen-bond acceptors (Lipinski definition) is 3. The van der Waals surface area contributed by atoms with Gasteiger partial charge in [0.1, 0.15) is 0 Å². The molecule has 3 aromatic rings. The second-order valence-corrected chi connectivity index (χ2v) is 6.48. The molecule has 1 aromatic carbocycles. The molecule has 23 heavy (non-hydrogen) atoms. The molecule has 2 N–H and O–H groups in total. The van der Waals surface area contributed by atoms with E-state index in [-0.39, 0.29) is 11.9 Å². The van der Waals surface area contributed by atoms with E-state index in [2.05, 4.69) is 27.6 Å². The van der Waals surface area contributed by atoms with E-state index >= 15 is 0 Å². The maximum absolute atomic E-state index is 12.5. The van der Waals surface area contributed by atoms with Crippen LogP contribution in [-0.4, -0.2) is 22.1 Å². The minimum atomic E-state index is -0.0808. The summed E-state index contributed by atoms with van der Waals surface area (Å²) in [4.78, 5) is 13.5. The van der Waals surface area contributed by atoms with Crippen LogP contribution in [0.3, 0.4) is 0 Å². The summed E-state index contributed by atoms with van der Waals surface area (Å²) in [6.45, 7) is 2.03. The lowest BCUT2D eigenvalue weighted by Crippen LogP contribution is -2.33. The summed E-state index contributed by atoms with van der Waals surface area (Å²) in [5.74, 6) is -0.0808. The van der Waals surface area contributed by atoms with Crippen LogP contribution in [0.4, 0.5) is 0 Å². The highest BCUT2D eigenvalue weighted by Gasteiger charge is 2.17. The number of H-pyrrole nitrogens is 1. The van der Waals surface area contributed by atoms with Gasteiger partial charge in [-0.25, -0.2) is 0 Å². The minimum Gasteiger partial charge on any atom is -0.349 e. The van der Waals surface area contributed by atoms with Crippen LogP contribution >= 0.6 is 11.3 Å². The third-order valence-corrected chi connectivity index (χ3v) is 4.63. The molecule has 0 unspecified atom stereocenters. The number of nitrogens with zero attached hydrogens (tertiary/aromatic N) is 1. The Morgan fingerprint density at radius 3 is 2.83 bits per heavy atom. The third kappa shape index (κ3) is 3.87. The Morgan fingerprint density at radius 1 is 1.26 bits per heavy atom. The molecule has 118 valence electrons. The number of nitrogens with one attached hydrogen (secondary N) is 2. The predicted octanol–water partition coefficient (Wildman–Crippen LogP) is 3.89. The number of benzene rings is 1. The first kappa shape index (κ1) is 15.5. The van der Waals surface area contributed by atoms with Gasteiger partial charge in [-0.3, -0.25) is 9.89 Å². The highest BCUT2D eigenvalue weighted by molar-refractivity contribution is 7.13. The molecule has 1 amide bonds. The monoisotopic (exact) mass is 325 g/mol. The Morgan fingerprint density at radius 2 is 2.09 bits per heavy atom. The van der Waals surface area contributed by atoms with Gasteiger partial charge < -0.3 is 5.32 Å². The van der Waals surface area contributed by atoms with Crippen LogP contribution < -0.4 is 5.32 Å². The summed E-state index contributed by atoms with van der Waals surface area (Å²) >= 11 is 1.59. The van der Waals surface area contributed by atoms with Crippen LogP contribution in [0.1, 0.15) is 29.3 Å². The molecule has 0 aliphatic rings. The number of thiophene rings is 1. The number of aryl methyl sites for hydroxylation is 1. The van der Waals surface area contributed by atoms with Crippen LogP contribution in [-0.2, 0) is 6.42 Å². The van der Waals surface area contributed by atoms with Gasteiger partial charge in [0, 0.05) is 6.04 Å². The normalized spacial score (nSPS) is 12.0. The van der Waals surface area contributed by atoms with Gasteiger partial charge in [-0.2, -0.15) is 5.10 Å². The molecule has 0 saturated carbocycles. The SMILES string of the molecule is C[C@@H](CCc1ccccc1)NC(=O)c1cn[nH]c1-c1cccs1. The van der Waals surface area contributed by atoms with Crippen LogP contribution in [0.15, 0.2) is 54.0 Å². The number of aromatic amines is 1. The first-order chi connectivity index (χ1) is 11.2. The maximum Gasteiger partial charge on any atom is 0.255 e. The second kappa shape index (κ2) is 7.24. The maximum atomic E-state index is 12.5. The number of amides is 1. The number of carbonyl (C=O) groups is 1. The van der Waals surface area contributed by atoms with Gasteiger partial charge in [-0.1, -0.05) is 36.4 Å². The number of rotatable bonds is 6. The topological polar surface area (TPSA) is 57.8 Å². The first-order valence-corrected chi connectivity index (χ1v) is 8.54. The third-order valence-electron chi connectivity index (χ3n) is 3.74. The van der Waals surface area contributed by atoms with Crippen LogP contribution in [0, 0.1) is 0 Å². The fourth-order valence-corrected chi connectivity index (χ4v) is 3.20. The van der Waals surface area contributed by atoms with Crippen molar-refractivity contribution in [1.29, 1.82) is 0 Å². The Kier molecular flexibility index (Phi) is 4.88. The second-order valence-electron chi connectivity index (χ2n) is 5.53. The van der Waals surface area contributed by atoms with Gasteiger partial charge >= 0.3 is 0 Å². The van der Waals surface area contributed by atoms with Crippen molar-refractivity contribution in [3.63, 3.8) is 0 Å². The highest BCUT2D eigenvalue weighted by Crippen LogP contribution is 2.25. The molecule has 1 atom stereocenters. The van der Waals surface area contributed by atoms with E-state index < -0.39 is 0 Å². The van der Waals surface area contributed by atoms with Crippen molar-refractivity contribution in [2.75, 3.05) is 0 Å². The van der Waals surface area contributed by atoms with Crippen molar-refractivity contribution in [3.8, 4) is 10.6 Å². The quantitative estimate of drug-likeness (QED) is 0.722. The van der Waals surface area contributed by atoms with Gasteiger partial charge in [-0.15, -0.1) is 11.3 Å².